The molecule has 5 heteroatoms. The van der Waals surface area contributed by atoms with Crippen molar-refractivity contribution < 1.29 is 9.59 Å². The number of carbonyl (C=O) groups excluding carboxylic acids is 2. The molecule has 0 bridgehead atoms. The summed E-state index contributed by atoms with van der Waals surface area (Å²) in [6.07, 6.45) is 0.385. The molecule has 0 aromatic heterocycles. The first-order valence-corrected chi connectivity index (χ1v) is 6.44. The number of rotatable bonds is 3. The summed E-state index contributed by atoms with van der Waals surface area (Å²) < 4.78 is 0. The molecular weight excluding hydrogens is 242 g/mol. The Bertz CT molecular complexity index is 482. The average Bonchev–Trinajstić information content (AvgIpc) is 2.68. The van der Waals surface area contributed by atoms with Crippen LogP contribution in [0.15, 0.2) is 24.3 Å². The van der Waals surface area contributed by atoms with Crippen LogP contribution in [0.25, 0.3) is 0 Å². The van der Waals surface area contributed by atoms with E-state index in [9.17, 15) is 9.59 Å². The molecule has 2 amide bonds. The van der Waals surface area contributed by atoms with Gasteiger partial charge in [0.2, 0.25) is 5.91 Å². The van der Waals surface area contributed by atoms with Crippen molar-refractivity contribution in [3.8, 4) is 0 Å². The van der Waals surface area contributed by atoms with E-state index in [1.807, 2.05) is 13.8 Å². The first-order valence-electron chi connectivity index (χ1n) is 6.44. The van der Waals surface area contributed by atoms with Crippen molar-refractivity contribution in [3.63, 3.8) is 0 Å². The zero-order chi connectivity index (χ0) is 14.0. The van der Waals surface area contributed by atoms with Gasteiger partial charge in [-0.25, -0.2) is 0 Å². The SMILES string of the molecule is CC(C)NC(=O)c1ccc(N2CC(N)CC2=O)cc1. The number of carbonyl (C=O) groups is 2. The van der Waals surface area contributed by atoms with Gasteiger partial charge in [0.05, 0.1) is 0 Å². The average molecular weight is 261 g/mol. The van der Waals surface area contributed by atoms with Gasteiger partial charge in [-0.3, -0.25) is 9.59 Å². The van der Waals surface area contributed by atoms with E-state index in [-0.39, 0.29) is 23.9 Å². The van der Waals surface area contributed by atoms with Crippen LogP contribution in [0.2, 0.25) is 0 Å². The summed E-state index contributed by atoms with van der Waals surface area (Å²) in [4.78, 5) is 25.2. The van der Waals surface area contributed by atoms with Crippen molar-refractivity contribution in [1.29, 1.82) is 0 Å². The summed E-state index contributed by atoms with van der Waals surface area (Å²) in [5.41, 5.74) is 7.14. The number of amides is 2. The minimum atomic E-state index is -0.106. The highest BCUT2D eigenvalue weighted by Gasteiger charge is 2.27. The number of nitrogens with two attached hydrogens (primary N) is 1. The van der Waals surface area contributed by atoms with Crippen LogP contribution in [0.5, 0.6) is 0 Å². The Balaban J connectivity index is 2.10. The topological polar surface area (TPSA) is 75.4 Å². The third kappa shape index (κ3) is 3.12. The number of nitrogens with one attached hydrogen (secondary N) is 1. The highest BCUT2D eigenvalue weighted by Crippen LogP contribution is 2.21. The Morgan fingerprint density at radius 3 is 2.47 bits per heavy atom. The Morgan fingerprint density at radius 1 is 1.37 bits per heavy atom. The molecule has 1 heterocycles. The molecule has 19 heavy (non-hydrogen) atoms. The summed E-state index contributed by atoms with van der Waals surface area (Å²) in [5.74, 6) is -0.0714. The first kappa shape index (κ1) is 13.5. The fourth-order valence-electron chi connectivity index (χ4n) is 2.12. The molecule has 1 aromatic carbocycles. The molecule has 1 fully saturated rings. The quantitative estimate of drug-likeness (QED) is 0.848. The minimum Gasteiger partial charge on any atom is -0.350 e. The number of hydrogen-bond acceptors (Lipinski definition) is 3. The van der Waals surface area contributed by atoms with E-state index in [4.69, 9.17) is 5.73 Å². The Kier molecular flexibility index (Phi) is 3.85. The number of nitrogens with zero attached hydrogens (tertiary/aromatic N) is 1. The molecule has 1 aliphatic heterocycles. The summed E-state index contributed by atoms with van der Waals surface area (Å²) in [6, 6.07) is 7.02. The van der Waals surface area contributed by atoms with Crippen LogP contribution < -0.4 is 16.0 Å². The third-order valence-electron chi connectivity index (χ3n) is 3.02. The van der Waals surface area contributed by atoms with Crippen molar-refractivity contribution in [2.24, 2.45) is 5.73 Å². The Labute approximate surface area is 112 Å². The van der Waals surface area contributed by atoms with Gasteiger partial charge in [0.15, 0.2) is 0 Å². The second-order valence-electron chi connectivity index (χ2n) is 5.14. The van der Waals surface area contributed by atoms with E-state index in [1.165, 1.54) is 0 Å². The van der Waals surface area contributed by atoms with Crippen LogP contribution in [0.4, 0.5) is 5.69 Å². The van der Waals surface area contributed by atoms with Crippen molar-refractivity contribution in [3.05, 3.63) is 29.8 Å². The maximum absolute atomic E-state index is 11.8. The molecule has 102 valence electrons. The normalized spacial score (nSPS) is 19.1. The zero-order valence-corrected chi connectivity index (χ0v) is 11.2. The predicted molar refractivity (Wildman–Crippen MR) is 74.0 cm³/mol. The van der Waals surface area contributed by atoms with Crippen LogP contribution in [-0.2, 0) is 4.79 Å². The van der Waals surface area contributed by atoms with Crippen molar-refractivity contribution >= 4 is 17.5 Å². The molecule has 1 atom stereocenters. The highest BCUT2D eigenvalue weighted by molar-refractivity contribution is 5.98. The molecule has 0 saturated carbocycles. The van der Waals surface area contributed by atoms with E-state index < -0.39 is 0 Å². The lowest BCUT2D eigenvalue weighted by atomic mass is 10.1. The molecule has 2 rings (SSSR count). The van der Waals surface area contributed by atoms with Crippen LogP contribution in [0.3, 0.4) is 0 Å². The van der Waals surface area contributed by atoms with Gasteiger partial charge in [0.25, 0.3) is 5.91 Å². The van der Waals surface area contributed by atoms with E-state index >= 15 is 0 Å². The van der Waals surface area contributed by atoms with E-state index in [1.54, 1.807) is 29.2 Å². The molecule has 0 aliphatic carbocycles. The molecular formula is C14H19N3O2. The minimum absolute atomic E-state index is 0.0341. The predicted octanol–water partition coefficient (Wildman–Crippen LogP) is 0.889. The maximum atomic E-state index is 11.8. The van der Waals surface area contributed by atoms with Gasteiger partial charge in [-0.2, -0.15) is 0 Å². The van der Waals surface area contributed by atoms with Gasteiger partial charge < -0.3 is 16.0 Å². The smallest absolute Gasteiger partial charge is 0.251 e. The van der Waals surface area contributed by atoms with E-state index in [2.05, 4.69) is 5.32 Å². The summed E-state index contributed by atoms with van der Waals surface area (Å²) in [7, 11) is 0. The van der Waals surface area contributed by atoms with Gasteiger partial charge in [0.1, 0.15) is 0 Å². The summed E-state index contributed by atoms with van der Waals surface area (Å²) in [5, 5.41) is 2.82. The van der Waals surface area contributed by atoms with Gasteiger partial charge >= 0.3 is 0 Å². The second-order valence-corrected chi connectivity index (χ2v) is 5.14. The van der Waals surface area contributed by atoms with Crippen molar-refractivity contribution in [2.45, 2.75) is 32.4 Å². The van der Waals surface area contributed by atoms with Crippen LogP contribution in [0, 0.1) is 0 Å². The number of anilines is 1. The molecule has 5 nitrogen and oxygen atoms in total. The van der Waals surface area contributed by atoms with Crippen molar-refractivity contribution in [2.75, 3.05) is 11.4 Å². The summed E-state index contributed by atoms with van der Waals surface area (Å²) in [6.45, 7) is 4.36. The lowest BCUT2D eigenvalue weighted by molar-refractivity contribution is -0.117. The fraction of sp³-hybridized carbons (Fsp3) is 0.429. The molecule has 1 aromatic rings. The Hall–Kier alpha value is -1.88. The molecule has 1 saturated heterocycles. The maximum Gasteiger partial charge on any atom is 0.251 e. The molecule has 0 radical (unpaired) electrons. The van der Waals surface area contributed by atoms with Crippen LogP contribution in [-0.4, -0.2) is 30.4 Å². The molecule has 3 N–H and O–H groups in total. The van der Waals surface area contributed by atoms with Crippen LogP contribution >= 0.6 is 0 Å². The van der Waals surface area contributed by atoms with Gasteiger partial charge in [-0.05, 0) is 38.1 Å². The van der Waals surface area contributed by atoms with Crippen LogP contribution in [0.1, 0.15) is 30.6 Å². The second kappa shape index (κ2) is 5.40. The lowest BCUT2D eigenvalue weighted by Crippen LogP contribution is -2.30. The van der Waals surface area contributed by atoms with Gasteiger partial charge in [-0.1, -0.05) is 0 Å². The largest absolute Gasteiger partial charge is 0.350 e. The third-order valence-corrected chi connectivity index (χ3v) is 3.02. The standard InChI is InChI=1S/C14H19N3O2/c1-9(2)16-14(19)10-3-5-12(6-4-10)17-8-11(15)7-13(17)18/h3-6,9,11H,7-8,15H2,1-2H3,(H,16,19). The number of benzene rings is 1. The first-order chi connectivity index (χ1) is 8.97. The van der Waals surface area contributed by atoms with E-state index in [0.717, 1.165) is 5.69 Å². The lowest BCUT2D eigenvalue weighted by Gasteiger charge is -2.16. The van der Waals surface area contributed by atoms with Gasteiger partial charge in [0, 0.05) is 36.3 Å². The highest BCUT2D eigenvalue weighted by atomic mass is 16.2. The van der Waals surface area contributed by atoms with E-state index in [0.29, 0.717) is 18.5 Å². The van der Waals surface area contributed by atoms with Gasteiger partial charge in [-0.15, -0.1) is 0 Å². The van der Waals surface area contributed by atoms with Crippen molar-refractivity contribution in [1.82, 2.24) is 5.32 Å². The molecule has 1 aliphatic rings. The monoisotopic (exact) mass is 261 g/mol. The fourth-order valence-corrected chi connectivity index (χ4v) is 2.12. The molecule has 1 unspecified atom stereocenters. The Morgan fingerprint density at radius 2 is 2.00 bits per heavy atom. The summed E-state index contributed by atoms with van der Waals surface area (Å²) >= 11 is 0. The zero-order valence-electron chi connectivity index (χ0n) is 11.2. The number of hydrogen-bond donors (Lipinski definition) is 2. The molecule has 0 spiro atoms.